The summed E-state index contributed by atoms with van der Waals surface area (Å²) in [5.74, 6) is -1.87. The molecule has 2 aromatic carbocycles. The number of nitrogens with two attached hydrogens (primary N) is 1. The third-order valence-electron chi connectivity index (χ3n) is 2.85. The van der Waals surface area contributed by atoms with Crippen LogP contribution in [0.25, 0.3) is 0 Å². The van der Waals surface area contributed by atoms with Gasteiger partial charge in [0.1, 0.15) is 0 Å². The number of rotatable bonds is 3. The summed E-state index contributed by atoms with van der Waals surface area (Å²) in [6.45, 7) is 0.338. The minimum Gasteiger partial charge on any atom is -0.397 e. The quantitative estimate of drug-likeness (QED) is 0.867. The third kappa shape index (κ3) is 2.79. The van der Waals surface area contributed by atoms with Crippen molar-refractivity contribution in [3.05, 3.63) is 58.6 Å². The Bertz CT molecular complexity index is 602. The lowest BCUT2D eigenvalue weighted by Gasteiger charge is -2.22. The van der Waals surface area contributed by atoms with Gasteiger partial charge in [0.25, 0.3) is 0 Å². The topological polar surface area (TPSA) is 29.3 Å². The molecule has 0 amide bonds. The number of nitrogen functional groups attached to an aromatic ring is 1. The molecule has 0 radical (unpaired) electrons. The van der Waals surface area contributed by atoms with Gasteiger partial charge in [-0.2, -0.15) is 0 Å². The van der Waals surface area contributed by atoms with E-state index in [9.17, 15) is 8.78 Å². The molecule has 0 aliphatic rings. The highest BCUT2D eigenvalue weighted by atomic mass is 35.5. The molecule has 0 saturated carbocycles. The molecule has 2 aromatic rings. The minimum atomic E-state index is -0.949. The molecule has 0 saturated heterocycles. The smallest absolute Gasteiger partial charge is 0.184 e. The Morgan fingerprint density at radius 1 is 1.16 bits per heavy atom. The fourth-order valence-corrected chi connectivity index (χ4v) is 2.10. The maximum absolute atomic E-state index is 13.8. The maximum atomic E-state index is 13.8. The van der Waals surface area contributed by atoms with E-state index >= 15 is 0 Å². The summed E-state index contributed by atoms with van der Waals surface area (Å²) >= 11 is 6.04. The van der Waals surface area contributed by atoms with Gasteiger partial charge >= 0.3 is 0 Å². The second kappa shape index (κ2) is 5.45. The monoisotopic (exact) mass is 282 g/mol. The van der Waals surface area contributed by atoms with Crippen LogP contribution in [0.15, 0.2) is 36.4 Å². The highest BCUT2D eigenvalue weighted by Crippen LogP contribution is 2.29. The summed E-state index contributed by atoms with van der Waals surface area (Å²) < 4.78 is 27.0. The van der Waals surface area contributed by atoms with Crippen molar-refractivity contribution in [1.82, 2.24) is 0 Å². The highest BCUT2D eigenvalue weighted by molar-refractivity contribution is 6.31. The van der Waals surface area contributed by atoms with Gasteiger partial charge in [-0.25, -0.2) is 8.78 Å². The van der Waals surface area contributed by atoms with Crippen LogP contribution in [-0.2, 0) is 6.54 Å². The number of benzene rings is 2. The molecule has 0 heterocycles. The third-order valence-corrected chi connectivity index (χ3v) is 3.22. The molecule has 0 atom stereocenters. The lowest BCUT2D eigenvalue weighted by Crippen LogP contribution is -2.20. The lowest BCUT2D eigenvalue weighted by atomic mass is 10.2. The Labute approximate surface area is 115 Å². The number of nitrogens with zero attached hydrogens (tertiary/aromatic N) is 1. The van der Waals surface area contributed by atoms with Crippen LogP contribution in [0.3, 0.4) is 0 Å². The summed E-state index contributed by atoms with van der Waals surface area (Å²) in [5.41, 5.74) is 6.75. The fraction of sp³-hybridized carbons (Fsp3) is 0.143. The molecule has 2 nitrogen and oxygen atoms in total. The van der Waals surface area contributed by atoms with Gasteiger partial charge in [-0.15, -0.1) is 0 Å². The number of hydrogen-bond donors (Lipinski definition) is 1. The van der Waals surface area contributed by atoms with Crippen molar-refractivity contribution >= 4 is 23.0 Å². The van der Waals surface area contributed by atoms with E-state index in [1.54, 1.807) is 13.1 Å². The molecular formula is C14H13ClF2N2. The van der Waals surface area contributed by atoms with Crippen LogP contribution in [-0.4, -0.2) is 7.05 Å². The molecular weight excluding hydrogens is 270 g/mol. The lowest BCUT2D eigenvalue weighted by molar-refractivity contribution is 0.508. The normalized spacial score (nSPS) is 10.5. The Morgan fingerprint density at radius 3 is 2.53 bits per heavy atom. The summed E-state index contributed by atoms with van der Waals surface area (Å²) in [6, 6.07) is 9.57. The number of halogens is 3. The zero-order chi connectivity index (χ0) is 14.0. The maximum Gasteiger partial charge on any atom is 0.184 e. The van der Waals surface area contributed by atoms with Crippen molar-refractivity contribution in [2.24, 2.45) is 0 Å². The second-order valence-corrected chi connectivity index (χ2v) is 4.65. The Morgan fingerprint density at radius 2 is 1.84 bits per heavy atom. The molecule has 19 heavy (non-hydrogen) atoms. The summed E-state index contributed by atoms with van der Waals surface area (Å²) in [5, 5.41) is 0.574. The largest absolute Gasteiger partial charge is 0.397 e. The van der Waals surface area contributed by atoms with E-state index in [2.05, 4.69) is 0 Å². The van der Waals surface area contributed by atoms with Crippen LogP contribution < -0.4 is 10.6 Å². The van der Waals surface area contributed by atoms with Gasteiger partial charge in [-0.1, -0.05) is 29.8 Å². The SMILES string of the molecule is CN(Cc1ccccc1Cl)c1c(N)ccc(F)c1F. The van der Waals surface area contributed by atoms with Crippen LogP contribution in [0.1, 0.15) is 5.56 Å². The van der Waals surface area contributed by atoms with E-state index in [0.717, 1.165) is 11.6 Å². The first-order chi connectivity index (χ1) is 9.00. The van der Waals surface area contributed by atoms with Crippen molar-refractivity contribution in [3.63, 3.8) is 0 Å². The van der Waals surface area contributed by atoms with Crippen molar-refractivity contribution in [2.75, 3.05) is 17.7 Å². The van der Waals surface area contributed by atoms with E-state index in [1.165, 1.54) is 11.0 Å². The van der Waals surface area contributed by atoms with E-state index in [0.29, 0.717) is 11.6 Å². The van der Waals surface area contributed by atoms with E-state index in [4.69, 9.17) is 17.3 Å². The summed E-state index contributed by atoms with van der Waals surface area (Å²) in [6.07, 6.45) is 0. The molecule has 0 aliphatic heterocycles. The zero-order valence-electron chi connectivity index (χ0n) is 10.3. The van der Waals surface area contributed by atoms with Gasteiger partial charge in [0.05, 0.1) is 11.4 Å². The predicted molar refractivity (Wildman–Crippen MR) is 74.3 cm³/mol. The van der Waals surface area contributed by atoms with E-state index in [-0.39, 0.29) is 11.4 Å². The first kappa shape index (κ1) is 13.6. The zero-order valence-corrected chi connectivity index (χ0v) is 11.1. The van der Waals surface area contributed by atoms with Gasteiger partial charge < -0.3 is 10.6 Å². The van der Waals surface area contributed by atoms with Crippen LogP contribution in [0.2, 0.25) is 5.02 Å². The van der Waals surface area contributed by atoms with Crippen molar-refractivity contribution in [1.29, 1.82) is 0 Å². The van der Waals surface area contributed by atoms with Crippen LogP contribution >= 0.6 is 11.6 Å². The molecule has 0 bridgehead atoms. The van der Waals surface area contributed by atoms with Crippen molar-refractivity contribution < 1.29 is 8.78 Å². The van der Waals surface area contributed by atoms with Crippen LogP contribution in [0, 0.1) is 11.6 Å². The van der Waals surface area contributed by atoms with Gasteiger partial charge in [-0.05, 0) is 23.8 Å². The second-order valence-electron chi connectivity index (χ2n) is 4.25. The van der Waals surface area contributed by atoms with E-state index < -0.39 is 11.6 Å². The average Bonchev–Trinajstić information content (AvgIpc) is 2.37. The minimum absolute atomic E-state index is 0.0416. The molecule has 2 N–H and O–H groups in total. The standard InChI is InChI=1S/C14H13ClF2N2/c1-19(8-9-4-2-3-5-10(9)15)14-12(18)7-6-11(16)13(14)17/h2-7H,8,18H2,1H3. The average molecular weight is 283 g/mol. The van der Waals surface area contributed by atoms with Crippen molar-refractivity contribution in [3.8, 4) is 0 Å². The van der Waals surface area contributed by atoms with Gasteiger partial charge in [-0.3, -0.25) is 0 Å². The molecule has 2 rings (SSSR count). The van der Waals surface area contributed by atoms with Gasteiger partial charge in [0.15, 0.2) is 11.6 Å². The van der Waals surface area contributed by atoms with Gasteiger partial charge in [0, 0.05) is 18.6 Å². The van der Waals surface area contributed by atoms with Crippen molar-refractivity contribution in [2.45, 2.75) is 6.54 Å². The molecule has 0 fully saturated rings. The molecule has 0 spiro atoms. The molecule has 100 valence electrons. The fourth-order valence-electron chi connectivity index (χ4n) is 1.90. The molecule has 0 aliphatic carbocycles. The summed E-state index contributed by atoms with van der Waals surface area (Å²) in [4.78, 5) is 1.54. The Balaban J connectivity index is 2.33. The Hall–Kier alpha value is -1.81. The molecule has 5 heteroatoms. The van der Waals surface area contributed by atoms with Crippen LogP contribution in [0.5, 0.6) is 0 Å². The first-order valence-electron chi connectivity index (χ1n) is 5.68. The van der Waals surface area contributed by atoms with Crippen LogP contribution in [0.4, 0.5) is 20.2 Å². The summed E-state index contributed by atoms with van der Waals surface area (Å²) in [7, 11) is 1.64. The van der Waals surface area contributed by atoms with E-state index in [1.807, 2.05) is 18.2 Å². The first-order valence-corrected chi connectivity index (χ1v) is 6.06. The predicted octanol–water partition coefficient (Wildman–Crippen LogP) is 3.84. The number of hydrogen-bond acceptors (Lipinski definition) is 2. The highest BCUT2D eigenvalue weighted by Gasteiger charge is 2.16. The van der Waals surface area contributed by atoms with Gasteiger partial charge in [0.2, 0.25) is 0 Å². The molecule has 0 aromatic heterocycles. The Kier molecular flexibility index (Phi) is 3.90. The molecule has 0 unspecified atom stereocenters. The number of anilines is 2.